The molecule has 328 valence electrons. The zero-order chi connectivity index (χ0) is 51.8. The maximum absolute atomic E-state index is 9.15. The molecule has 0 spiro atoms. The van der Waals surface area contributed by atoms with Gasteiger partial charge in [0, 0.05) is 82.1 Å². The quantitative estimate of drug-likeness (QED) is 0.106. The molecular formula is C57H47N7OPt-2. The van der Waals surface area contributed by atoms with Crippen molar-refractivity contribution in [3.05, 3.63) is 182 Å². The second-order valence-electron chi connectivity index (χ2n) is 16.4. The van der Waals surface area contributed by atoms with Gasteiger partial charge in [0.2, 0.25) is 0 Å². The minimum atomic E-state index is -0.572. The van der Waals surface area contributed by atoms with Gasteiger partial charge in [-0.25, -0.2) is 4.98 Å². The molecule has 2 aliphatic heterocycles. The number of rotatable bonds is 9. The van der Waals surface area contributed by atoms with Crippen LogP contribution in [0, 0.1) is 18.5 Å². The van der Waals surface area contributed by atoms with Crippen molar-refractivity contribution in [2.75, 3.05) is 36.0 Å². The van der Waals surface area contributed by atoms with Crippen molar-refractivity contribution in [1.82, 2.24) is 19.1 Å². The van der Waals surface area contributed by atoms with E-state index in [0.29, 0.717) is 22.5 Å². The summed E-state index contributed by atoms with van der Waals surface area (Å²) in [5.41, 5.74) is 5.09. The Labute approximate surface area is 413 Å². The summed E-state index contributed by atoms with van der Waals surface area (Å²) < 4.78 is 100. The Morgan fingerprint density at radius 3 is 2.02 bits per heavy atom. The van der Waals surface area contributed by atoms with E-state index in [1.807, 2.05) is 48.7 Å². The van der Waals surface area contributed by atoms with Crippen LogP contribution in [-0.4, -0.2) is 45.3 Å². The number of anilines is 2. The number of piperidine rings is 2. The molecule has 2 aliphatic rings. The first-order chi connectivity index (χ1) is 36.4. The maximum atomic E-state index is 9.15. The molecule has 10 aromatic rings. The molecule has 8 nitrogen and oxygen atoms in total. The van der Waals surface area contributed by atoms with Crippen LogP contribution < -0.4 is 19.1 Å². The minimum Gasteiger partial charge on any atom is -0.522 e. The van der Waals surface area contributed by atoms with Crippen LogP contribution in [0.25, 0.3) is 72.4 Å². The predicted octanol–water partition coefficient (Wildman–Crippen LogP) is 12.3. The number of fused-ring (bicyclic) bond motifs is 4. The molecule has 6 aromatic carbocycles. The van der Waals surface area contributed by atoms with Crippen LogP contribution in [0.2, 0.25) is 0 Å². The largest absolute Gasteiger partial charge is 0.522 e. The van der Waals surface area contributed by atoms with Gasteiger partial charge < -0.3 is 19.1 Å². The van der Waals surface area contributed by atoms with E-state index in [4.69, 9.17) is 28.4 Å². The Morgan fingerprint density at radius 1 is 0.606 bits per heavy atom. The fourth-order valence-corrected chi connectivity index (χ4v) is 9.51. The van der Waals surface area contributed by atoms with E-state index in [2.05, 4.69) is 57.1 Å². The van der Waals surface area contributed by atoms with Crippen molar-refractivity contribution in [1.29, 1.82) is 0 Å². The van der Waals surface area contributed by atoms with Crippen molar-refractivity contribution >= 4 is 44.2 Å². The molecular weight excluding hydrogens is 994 g/mol. The molecule has 66 heavy (non-hydrogen) atoms. The number of nitrogens with zero attached hydrogens (tertiary/aromatic N) is 7. The van der Waals surface area contributed by atoms with Gasteiger partial charge in [-0.3, -0.25) is 14.1 Å². The number of aromatic nitrogens is 5. The molecule has 9 heteroatoms. The minimum absolute atomic E-state index is 0. The first-order valence-corrected chi connectivity index (χ1v) is 22.1. The summed E-state index contributed by atoms with van der Waals surface area (Å²) >= 11 is 0. The SMILES string of the molecule is [2H]c1c([2H])c([2H])c(-c2cccc(-c3c([2H])c([2H])c([2H])c([2H])c3[2H])c2-[n+]2[c-]n(-c3[c-]c(Oc4[c-]c5c(cc4)c4ccccc4n5-c4cc(N5CCCCC5)ccn4)ccn3)c3c(N4CCCCC4)cccc32)c([2H])c1[2H].[Pt]. The summed E-state index contributed by atoms with van der Waals surface area (Å²) in [7, 11) is 0. The molecule has 0 radical (unpaired) electrons. The topological polar surface area (TPSA) is 55.2 Å². The second kappa shape index (κ2) is 18.1. The molecule has 0 saturated carbocycles. The van der Waals surface area contributed by atoms with Gasteiger partial charge in [0.15, 0.2) is 0 Å². The van der Waals surface area contributed by atoms with Gasteiger partial charge in [-0.2, -0.15) is 18.2 Å². The van der Waals surface area contributed by atoms with Crippen LogP contribution in [0.5, 0.6) is 11.5 Å². The number of hydrogen-bond acceptors (Lipinski definition) is 5. The fraction of sp³-hybridized carbons (Fsp3) is 0.175. The molecule has 4 aromatic heterocycles. The first kappa shape index (κ1) is 31.8. The molecule has 0 atom stereocenters. The normalized spacial score (nSPS) is 16.3. The summed E-state index contributed by atoms with van der Waals surface area (Å²) in [5, 5.41) is 2.03. The van der Waals surface area contributed by atoms with E-state index in [1.165, 1.54) is 6.42 Å². The zero-order valence-electron chi connectivity index (χ0n) is 45.7. The van der Waals surface area contributed by atoms with E-state index in [1.54, 1.807) is 39.6 Å². The third-order valence-electron chi connectivity index (χ3n) is 12.5. The van der Waals surface area contributed by atoms with E-state index in [9.17, 15) is 0 Å². The summed E-state index contributed by atoms with van der Waals surface area (Å²) in [6.45, 7) is 3.54. The Balaban J connectivity index is 0.00000616. The number of pyridine rings is 2. The smallest absolute Gasteiger partial charge is 0.269 e. The van der Waals surface area contributed by atoms with Gasteiger partial charge in [0.1, 0.15) is 11.3 Å². The number of ether oxygens (including phenoxy) is 1. The average Bonchev–Trinajstić information content (AvgIpc) is 4.00. The number of hydrogen-bond donors (Lipinski definition) is 0. The van der Waals surface area contributed by atoms with Crippen molar-refractivity contribution < 1.29 is 44.1 Å². The van der Waals surface area contributed by atoms with E-state index in [0.717, 1.165) is 97.3 Å². The Hall–Kier alpha value is -7.02. The number of benzene rings is 6. The van der Waals surface area contributed by atoms with Crippen LogP contribution in [0.15, 0.2) is 164 Å². The van der Waals surface area contributed by atoms with Gasteiger partial charge >= 0.3 is 0 Å². The van der Waals surface area contributed by atoms with Gasteiger partial charge in [-0.05, 0) is 90.1 Å². The van der Waals surface area contributed by atoms with Gasteiger partial charge in [0.25, 0.3) is 6.33 Å². The Kier molecular flexibility index (Phi) is 8.72. The van der Waals surface area contributed by atoms with Gasteiger partial charge in [-0.1, -0.05) is 121 Å². The molecule has 0 unspecified atom stereocenters. The van der Waals surface area contributed by atoms with Crippen LogP contribution in [0.4, 0.5) is 11.4 Å². The predicted molar refractivity (Wildman–Crippen MR) is 261 cm³/mol. The van der Waals surface area contributed by atoms with Crippen molar-refractivity contribution in [3.63, 3.8) is 0 Å². The molecule has 0 N–H and O–H groups in total. The summed E-state index contributed by atoms with van der Waals surface area (Å²) in [6.07, 6.45) is 13.5. The van der Waals surface area contributed by atoms with Crippen LogP contribution in [0.1, 0.15) is 52.2 Å². The van der Waals surface area contributed by atoms with E-state index >= 15 is 0 Å². The maximum Gasteiger partial charge on any atom is 0.269 e. The molecule has 6 heterocycles. The monoisotopic (exact) mass is 1050 g/mol. The van der Waals surface area contributed by atoms with Crippen molar-refractivity contribution in [2.24, 2.45) is 0 Å². The van der Waals surface area contributed by atoms with Gasteiger partial charge in [-0.15, -0.1) is 17.5 Å². The molecule has 0 amide bonds. The third kappa shape index (κ3) is 7.63. The van der Waals surface area contributed by atoms with E-state index < -0.39 is 60.4 Å². The average molecular weight is 1050 g/mol. The van der Waals surface area contributed by atoms with Crippen LogP contribution in [0.3, 0.4) is 0 Å². The Bertz CT molecular complexity index is 3800. The van der Waals surface area contributed by atoms with Crippen molar-refractivity contribution in [3.8, 4) is 51.1 Å². The first-order valence-electron chi connectivity index (χ1n) is 27.1. The molecule has 2 saturated heterocycles. The molecule has 0 bridgehead atoms. The number of imidazole rings is 1. The zero-order valence-corrected chi connectivity index (χ0v) is 38.0. The molecule has 2 fully saturated rings. The van der Waals surface area contributed by atoms with E-state index in [-0.39, 0.29) is 54.8 Å². The van der Waals surface area contributed by atoms with Crippen LogP contribution >= 0.6 is 0 Å². The van der Waals surface area contributed by atoms with Crippen molar-refractivity contribution in [2.45, 2.75) is 38.5 Å². The van der Waals surface area contributed by atoms with Crippen LogP contribution in [-0.2, 0) is 21.1 Å². The fourth-order valence-electron chi connectivity index (χ4n) is 9.51. The number of para-hydroxylation sites is 3. The second-order valence-corrected chi connectivity index (χ2v) is 16.4. The molecule has 0 aliphatic carbocycles. The molecule has 12 rings (SSSR count). The third-order valence-corrected chi connectivity index (χ3v) is 12.5. The summed E-state index contributed by atoms with van der Waals surface area (Å²) in [4.78, 5) is 14.4. The standard InChI is InChI=1S/C57H47N7O.Pt/c1-5-17-41(18-6-1)46-22-15-23-47(42-19-7-2-8-20-42)56(46)62-40-63(57-51(25-16-26-52(57)62)61-35-13-4-14-36-61)54-39-45(30-32-58-54)65-44-27-28-49-48-21-9-10-24-50(48)64(53(49)38-44)55-37-43(29-31-59-55)60-33-11-3-12-34-60;/h1-2,5-10,15-32,37H,3-4,11-14,33-36H2;/q-2;/i1D,2D,5D,6D,7D,8D,17D,18D,19D,20D;. The summed E-state index contributed by atoms with van der Waals surface area (Å²) in [6, 6.07) is 30.3. The van der Waals surface area contributed by atoms with Gasteiger partial charge in [0.05, 0.1) is 30.7 Å². The summed E-state index contributed by atoms with van der Waals surface area (Å²) in [5.74, 6) is 1.79. The Morgan fingerprint density at radius 2 is 1.27 bits per heavy atom.